The molecule has 1 heterocycles. The second-order valence-corrected chi connectivity index (χ2v) is 8.86. The van der Waals surface area contributed by atoms with Crippen LogP contribution in [0.25, 0.3) is 0 Å². The normalized spacial score (nSPS) is 20.0. The van der Waals surface area contributed by atoms with E-state index in [1.165, 1.54) is 24.0 Å². The van der Waals surface area contributed by atoms with Crippen molar-refractivity contribution in [2.75, 3.05) is 10.2 Å². The summed E-state index contributed by atoms with van der Waals surface area (Å²) in [5, 5.41) is 3.74. The van der Waals surface area contributed by atoms with Crippen LogP contribution in [0.5, 0.6) is 0 Å². The van der Waals surface area contributed by atoms with E-state index in [9.17, 15) is 4.79 Å². The third kappa shape index (κ3) is 4.43. The van der Waals surface area contributed by atoms with Gasteiger partial charge in [-0.15, -0.1) is 0 Å². The Morgan fingerprint density at radius 1 is 0.906 bits per heavy atom. The van der Waals surface area contributed by atoms with E-state index >= 15 is 0 Å². The van der Waals surface area contributed by atoms with E-state index in [4.69, 9.17) is 0 Å². The fourth-order valence-corrected chi connectivity index (χ4v) is 4.96. The number of rotatable bonds is 7. The number of nitrogens with one attached hydrogen (secondary N) is 1. The fraction of sp³-hybridized carbons (Fsp3) is 0.345. The second kappa shape index (κ2) is 10.0. The average molecular weight is 427 g/mol. The summed E-state index contributed by atoms with van der Waals surface area (Å²) >= 11 is 0. The molecule has 0 saturated carbocycles. The standard InChI is InChI=1S/C29H34N2O/c1-4-6-12-22-17-19-23(20-18-22)29(32)31-26(5-2)21(3)28(25-15-10-11-16-27(25)31)30-24-13-8-7-9-14-24/h7-11,13-21,26,28,30H,4-6,12H2,1-3H3/t21-,26+,28-/m0/s1. The first-order chi connectivity index (χ1) is 15.6. The molecule has 3 aromatic rings. The minimum absolute atomic E-state index is 0.0938. The lowest BCUT2D eigenvalue weighted by molar-refractivity contribution is 0.0960. The molecule has 1 aliphatic heterocycles. The van der Waals surface area contributed by atoms with Crippen LogP contribution in [0.4, 0.5) is 11.4 Å². The zero-order valence-electron chi connectivity index (χ0n) is 19.4. The number of para-hydroxylation sites is 2. The lowest BCUT2D eigenvalue weighted by Gasteiger charge is -2.45. The van der Waals surface area contributed by atoms with Crippen molar-refractivity contribution in [2.24, 2.45) is 5.92 Å². The number of hydrogen-bond acceptors (Lipinski definition) is 2. The van der Waals surface area contributed by atoms with Gasteiger partial charge in [0.15, 0.2) is 0 Å². The molecule has 0 saturated heterocycles. The first-order valence-corrected chi connectivity index (χ1v) is 12.0. The molecule has 0 aromatic heterocycles. The van der Waals surface area contributed by atoms with Crippen molar-refractivity contribution in [1.82, 2.24) is 0 Å². The first kappa shape index (κ1) is 22.1. The van der Waals surface area contributed by atoms with E-state index in [0.29, 0.717) is 0 Å². The molecule has 1 aliphatic rings. The van der Waals surface area contributed by atoms with Gasteiger partial charge in [0.25, 0.3) is 5.91 Å². The van der Waals surface area contributed by atoms with Gasteiger partial charge in [-0.25, -0.2) is 0 Å². The largest absolute Gasteiger partial charge is 0.378 e. The van der Waals surface area contributed by atoms with E-state index < -0.39 is 0 Å². The SMILES string of the molecule is CCCCc1ccc(C(=O)N2c3ccccc3[C@@H](Nc3ccccc3)[C@@H](C)[C@H]2CC)cc1. The summed E-state index contributed by atoms with van der Waals surface area (Å²) < 4.78 is 0. The molecule has 0 spiro atoms. The van der Waals surface area contributed by atoms with Crippen LogP contribution in [0, 0.1) is 5.92 Å². The maximum absolute atomic E-state index is 13.8. The molecule has 32 heavy (non-hydrogen) atoms. The summed E-state index contributed by atoms with van der Waals surface area (Å²) in [5.74, 6) is 0.360. The van der Waals surface area contributed by atoms with Gasteiger partial charge in [0.2, 0.25) is 0 Å². The lowest BCUT2D eigenvalue weighted by Crippen LogP contribution is -2.50. The first-order valence-electron chi connectivity index (χ1n) is 12.0. The zero-order valence-corrected chi connectivity index (χ0v) is 19.4. The summed E-state index contributed by atoms with van der Waals surface area (Å²) in [6.45, 7) is 6.65. The van der Waals surface area contributed by atoms with Crippen LogP contribution in [0.2, 0.25) is 0 Å². The van der Waals surface area contributed by atoms with Gasteiger partial charge in [0.05, 0.1) is 6.04 Å². The molecule has 3 heteroatoms. The Hall–Kier alpha value is -3.07. The van der Waals surface area contributed by atoms with Gasteiger partial charge >= 0.3 is 0 Å². The molecule has 1 amide bonds. The Morgan fingerprint density at radius 2 is 1.59 bits per heavy atom. The minimum atomic E-state index is 0.0938. The molecule has 3 atom stereocenters. The molecular formula is C29H34N2O. The van der Waals surface area contributed by atoms with Gasteiger partial charge in [-0.05, 0) is 60.7 Å². The van der Waals surface area contributed by atoms with E-state index in [-0.39, 0.29) is 23.9 Å². The Morgan fingerprint density at radius 3 is 2.28 bits per heavy atom. The lowest BCUT2D eigenvalue weighted by atomic mass is 9.80. The van der Waals surface area contributed by atoms with Crippen LogP contribution in [0.3, 0.4) is 0 Å². The molecule has 4 rings (SSSR count). The second-order valence-electron chi connectivity index (χ2n) is 8.86. The molecule has 166 valence electrons. The van der Waals surface area contributed by atoms with Crippen LogP contribution in [-0.4, -0.2) is 11.9 Å². The highest BCUT2D eigenvalue weighted by molar-refractivity contribution is 6.07. The van der Waals surface area contributed by atoms with Crippen molar-refractivity contribution in [3.8, 4) is 0 Å². The van der Waals surface area contributed by atoms with E-state index in [0.717, 1.165) is 29.8 Å². The number of fused-ring (bicyclic) bond motifs is 1. The molecule has 1 N–H and O–H groups in total. The van der Waals surface area contributed by atoms with Crippen molar-refractivity contribution in [1.29, 1.82) is 0 Å². The fourth-order valence-electron chi connectivity index (χ4n) is 4.96. The summed E-state index contributed by atoms with van der Waals surface area (Å²) in [7, 11) is 0. The number of hydrogen-bond donors (Lipinski definition) is 1. The van der Waals surface area contributed by atoms with E-state index in [2.05, 4.69) is 80.7 Å². The summed E-state index contributed by atoms with van der Waals surface area (Å²) in [6, 6.07) is 27.2. The Balaban J connectivity index is 1.68. The van der Waals surface area contributed by atoms with Crippen molar-refractivity contribution in [3.63, 3.8) is 0 Å². The summed E-state index contributed by atoms with van der Waals surface area (Å²) in [6.07, 6.45) is 4.33. The number of amides is 1. The Bertz CT molecular complexity index is 1030. The number of carbonyl (C=O) groups excluding carboxylic acids is 1. The number of benzene rings is 3. The number of unbranched alkanes of at least 4 members (excludes halogenated alkanes) is 1. The van der Waals surface area contributed by atoms with Crippen LogP contribution in [0.15, 0.2) is 78.9 Å². The molecular weight excluding hydrogens is 392 g/mol. The third-order valence-corrected chi connectivity index (χ3v) is 6.75. The molecule has 3 nitrogen and oxygen atoms in total. The molecule has 0 radical (unpaired) electrons. The van der Waals surface area contributed by atoms with Crippen molar-refractivity contribution in [2.45, 2.75) is 58.5 Å². The zero-order chi connectivity index (χ0) is 22.5. The van der Waals surface area contributed by atoms with Gasteiger partial charge in [-0.2, -0.15) is 0 Å². The quantitative estimate of drug-likeness (QED) is 0.431. The van der Waals surface area contributed by atoms with Crippen LogP contribution < -0.4 is 10.2 Å². The molecule has 3 aromatic carbocycles. The molecule has 0 bridgehead atoms. The highest BCUT2D eigenvalue weighted by atomic mass is 16.2. The molecule has 0 unspecified atom stereocenters. The average Bonchev–Trinajstić information content (AvgIpc) is 2.84. The highest BCUT2D eigenvalue weighted by Crippen LogP contribution is 2.43. The van der Waals surface area contributed by atoms with Gasteiger partial charge in [0.1, 0.15) is 0 Å². The molecule has 0 aliphatic carbocycles. The van der Waals surface area contributed by atoms with Gasteiger partial charge in [-0.3, -0.25) is 4.79 Å². The van der Waals surface area contributed by atoms with Crippen molar-refractivity contribution in [3.05, 3.63) is 95.6 Å². The smallest absolute Gasteiger partial charge is 0.258 e. The number of nitrogens with zero attached hydrogens (tertiary/aromatic N) is 1. The minimum Gasteiger partial charge on any atom is -0.378 e. The van der Waals surface area contributed by atoms with Gasteiger partial charge < -0.3 is 10.2 Å². The van der Waals surface area contributed by atoms with Crippen LogP contribution >= 0.6 is 0 Å². The predicted octanol–water partition coefficient (Wildman–Crippen LogP) is 7.26. The maximum atomic E-state index is 13.8. The number of anilines is 2. The van der Waals surface area contributed by atoms with Gasteiger partial charge in [-0.1, -0.05) is 75.7 Å². The summed E-state index contributed by atoms with van der Waals surface area (Å²) in [4.78, 5) is 15.8. The predicted molar refractivity (Wildman–Crippen MR) is 134 cm³/mol. The maximum Gasteiger partial charge on any atom is 0.258 e. The van der Waals surface area contributed by atoms with Crippen molar-refractivity contribution >= 4 is 17.3 Å². The summed E-state index contributed by atoms with van der Waals surface area (Å²) in [5.41, 5.74) is 5.37. The van der Waals surface area contributed by atoms with E-state index in [1.807, 2.05) is 29.2 Å². The van der Waals surface area contributed by atoms with Crippen LogP contribution in [0.1, 0.15) is 67.6 Å². The number of aryl methyl sites for hydroxylation is 1. The topological polar surface area (TPSA) is 32.3 Å². The number of carbonyl (C=O) groups is 1. The van der Waals surface area contributed by atoms with Gasteiger partial charge in [0, 0.05) is 28.9 Å². The monoisotopic (exact) mass is 426 g/mol. The Labute approximate surface area is 192 Å². The van der Waals surface area contributed by atoms with Crippen LogP contribution in [-0.2, 0) is 6.42 Å². The Kier molecular flexibility index (Phi) is 6.94. The molecule has 0 fully saturated rings. The third-order valence-electron chi connectivity index (χ3n) is 6.75. The van der Waals surface area contributed by atoms with Crippen molar-refractivity contribution < 1.29 is 4.79 Å². The highest BCUT2D eigenvalue weighted by Gasteiger charge is 2.40. The van der Waals surface area contributed by atoms with E-state index in [1.54, 1.807) is 0 Å².